The number of rotatable bonds is 12. The molecular formula is C37H60O7Si. The van der Waals surface area contributed by atoms with E-state index in [1.165, 1.54) is 26.4 Å². The van der Waals surface area contributed by atoms with Crippen molar-refractivity contribution in [1.29, 1.82) is 0 Å². The molecule has 7 atom stereocenters. The highest BCUT2D eigenvalue weighted by atomic mass is 28.4. The van der Waals surface area contributed by atoms with E-state index >= 15 is 0 Å². The minimum Gasteiger partial charge on any atom is -0.466 e. The molecule has 2 saturated heterocycles. The van der Waals surface area contributed by atoms with Crippen molar-refractivity contribution in [2.24, 2.45) is 17.8 Å². The molecule has 2 heterocycles. The maximum atomic E-state index is 11.8. The number of hydrogen-bond acceptors (Lipinski definition) is 7. The van der Waals surface area contributed by atoms with Crippen molar-refractivity contribution in [2.75, 3.05) is 14.2 Å². The first-order chi connectivity index (χ1) is 20.9. The van der Waals surface area contributed by atoms with Crippen molar-refractivity contribution in [1.82, 2.24) is 0 Å². The highest BCUT2D eigenvalue weighted by Crippen LogP contribution is 2.44. The topological polar surface area (TPSA) is 80.3 Å². The summed E-state index contributed by atoms with van der Waals surface area (Å²) in [5, 5.41) is 0.0620. The molecule has 0 N–H and O–H groups in total. The van der Waals surface area contributed by atoms with Crippen LogP contribution >= 0.6 is 0 Å². The Hall–Kier alpha value is -2.26. The van der Waals surface area contributed by atoms with Crippen LogP contribution in [0.5, 0.6) is 0 Å². The Kier molecular flexibility index (Phi) is 14.7. The van der Waals surface area contributed by atoms with Crippen molar-refractivity contribution in [3.05, 3.63) is 59.8 Å². The Labute approximate surface area is 274 Å². The minimum atomic E-state index is -2.06. The molecular weight excluding hydrogens is 584 g/mol. The van der Waals surface area contributed by atoms with E-state index in [2.05, 4.69) is 85.9 Å². The first kappa shape index (κ1) is 38.9. The monoisotopic (exact) mass is 644 g/mol. The number of carbonyl (C=O) groups excluding carboxylic acids is 2. The van der Waals surface area contributed by atoms with Crippen molar-refractivity contribution in [2.45, 2.75) is 130 Å². The normalized spacial score (nSPS) is 28.6. The zero-order chi connectivity index (χ0) is 34.0. The van der Waals surface area contributed by atoms with Gasteiger partial charge in [0.25, 0.3) is 0 Å². The van der Waals surface area contributed by atoms with Crippen LogP contribution in [-0.2, 0) is 33.0 Å². The van der Waals surface area contributed by atoms with Gasteiger partial charge in [0, 0.05) is 30.9 Å². The van der Waals surface area contributed by atoms with E-state index in [1.54, 1.807) is 0 Å². The van der Waals surface area contributed by atoms with Gasteiger partial charge in [0.2, 0.25) is 0 Å². The molecule has 0 saturated carbocycles. The summed E-state index contributed by atoms with van der Waals surface area (Å²) in [6.07, 6.45) is 19.8. The number of esters is 2. The molecule has 7 nitrogen and oxygen atoms in total. The van der Waals surface area contributed by atoms with Gasteiger partial charge in [0.15, 0.2) is 14.1 Å². The van der Waals surface area contributed by atoms with Gasteiger partial charge >= 0.3 is 11.9 Å². The molecule has 0 unspecified atom stereocenters. The van der Waals surface area contributed by atoms with Gasteiger partial charge in [-0.1, -0.05) is 83.6 Å². The zero-order valence-electron chi connectivity index (χ0n) is 30.0. The Morgan fingerprint density at radius 3 is 2.13 bits per heavy atom. The molecule has 0 aliphatic carbocycles. The fraction of sp³-hybridized carbons (Fsp3) is 0.676. The molecule has 2 rings (SSSR count). The molecule has 45 heavy (non-hydrogen) atoms. The van der Waals surface area contributed by atoms with Crippen molar-refractivity contribution < 1.29 is 33.0 Å². The van der Waals surface area contributed by atoms with Gasteiger partial charge in [0.1, 0.15) is 0 Å². The number of allylic oxidation sites excluding steroid dienone is 4. The molecule has 0 aromatic heterocycles. The van der Waals surface area contributed by atoms with Gasteiger partial charge < -0.3 is 23.4 Å². The smallest absolute Gasteiger partial charge is 0.330 e. The van der Waals surface area contributed by atoms with Crippen LogP contribution < -0.4 is 0 Å². The summed E-state index contributed by atoms with van der Waals surface area (Å²) in [5.74, 6) is -0.532. The molecule has 2 fully saturated rings. The van der Waals surface area contributed by atoms with E-state index in [0.717, 1.165) is 43.3 Å². The van der Waals surface area contributed by atoms with E-state index in [4.69, 9.17) is 23.4 Å². The molecule has 0 radical (unpaired) electrons. The van der Waals surface area contributed by atoms with Crippen LogP contribution in [0.2, 0.25) is 18.1 Å². The molecule has 0 bridgehead atoms. The van der Waals surface area contributed by atoms with E-state index < -0.39 is 14.1 Å². The SMILES string of the molecule is COC(=O)/C=C/[C@H](C)[C@H](/C=C/C(C)=C/C[C@H]1O[C@]2(CC[C@H](C)[C@H](/C=C/C(C)=C/C(=O)OC)O2)CC[C@@H]1C)O[Si](C)(C)C(C)(C)C. The van der Waals surface area contributed by atoms with Gasteiger partial charge in [-0.3, -0.25) is 0 Å². The average Bonchev–Trinajstić information content (AvgIpc) is 2.98. The maximum Gasteiger partial charge on any atom is 0.330 e. The van der Waals surface area contributed by atoms with Crippen molar-refractivity contribution >= 4 is 20.3 Å². The molecule has 0 amide bonds. The lowest BCUT2D eigenvalue weighted by Crippen LogP contribution is -2.51. The first-order valence-corrected chi connectivity index (χ1v) is 19.4. The number of ether oxygens (including phenoxy) is 4. The zero-order valence-corrected chi connectivity index (χ0v) is 31.0. The summed E-state index contributed by atoms with van der Waals surface area (Å²) in [6, 6.07) is 0. The third-order valence-corrected chi connectivity index (χ3v) is 14.2. The predicted octanol–water partition coefficient (Wildman–Crippen LogP) is 8.64. The summed E-state index contributed by atoms with van der Waals surface area (Å²) in [4.78, 5) is 23.3. The predicted molar refractivity (Wildman–Crippen MR) is 184 cm³/mol. The summed E-state index contributed by atoms with van der Waals surface area (Å²) < 4.78 is 29.8. The standard InChI is InChI=1S/C37H60O7Si/c1-26(14-19-33(28(3)16-20-34(38)40-9)44-45(11,12)36(6,7)8)13-17-31-29(4)21-23-37(42-31)24-22-30(5)32(43-37)18-15-27(2)25-35(39)41-10/h13-16,18-20,25,28-33H,17,21-24H2,1-12H3/b18-15+,19-14+,20-16+,26-13+,27-25+/t28-,29-,30-,31+,32-,33-,37+/m0/s1. The number of hydrogen-bond donors (Lipinski definition) is 0. The van der Waals surface area contributed by atoms with E-state index in [0.29, 0.717) is 11.8 Å². The fourth-order valence-corrected chi connectivity index (χ4v) is 6.63. The molecule has 1 spiro atoms. The second-order valence-corrected chi connectivity index (χ2v) is 19.3. The average molecular weight is 645 g/mol. The summed E-state index contributed by atoms with van der Waals surface area (Å²) in [6.45, 7) is 21.7. The van der Waals surface area contributed by atoms with Crippen LogP contribution in [0, 0.1) is 17.8 Å². The molecule has 0 aromatic carbocycles. The highest BCUT2D eigenvalue weighted by molar-refractivity contribution is 6.74. The van der Waals surface area contributed by atoms with E-state index in [-0.39, 0.29) is 41.2 Å². The Balaban J connectivity index is 2.16. The quantitative estimate of drug-likeness (QED) is 0.0911. The van der Waals surface area contributed by atoms with Gasteiger partial charge in [-0.05, 0) is 68.7 Å². The lowest BCUT2D eigenvalue weighted by atomic mass is 9.83. The van der Waals surface area contributed by atoms with Crippen molar-refractivity contribution in [3.8, 4) is 0 Å². The lowest BCUT2D eigenvalue weighted by Gasteiger charge is -2.49. The summed E-state index contributed by atoms with van der Waals surface area (Å²) in [7, 11) is 0.708. The maximum absolute atomic E-state index is 11.8. The van der Waals surface area contributed by atoms with Gasteiger partial charge in [-0.2, -0.15) is 0 Å². The van der Waals surface area contributed by atoms with Crippen LogP contribution in [0.1, 0.15) is 87.5 Å². The fourth-order valence-electron chi connectivity index (χ4n) is 5.30. The summed E-state index contributed by atoms with van der Waals surface area (Å²) >= 11 is 0. The first-order valence-electron chi connectivity index (χ1n) is 16.5. The van der Waals surface area contributed by atoms with E-state index in [1.807, 2.05) is 19.1 Å². The van der Waals surface area contributed by atoms with Gasteiger partial charge in [0.05, 0.1) is 32.5 Å². The van der Waals surface area contributed by atoms with Crippen LogP contribution in [0.3, 0.4) is 0 Å². The highest BCUT2D eigenvalue weighted by Gasteiger charge is 2.46. The second-order valence-electron chi connectivity index (χ2n) is 14.6. The third kappa shape index (κ3) is 12.1. The third-order valence-electron chi connectivity index (χ3n) is 9.68. The number of methoxy groups -OCH3 is 2. The van der Waals surface area contributed by atoms with Crippen LogP contribution in [0.15, 0.2) is 59.8 Å². The van der Waals surface area contributed by atoms with Crippen molar-refractivity contribution in [3.63, 3.8) is 0 Å². The van der Waals surface area contributed by atoms with E-state index in [9.17, 15) is 9.59 Å². The molecule has 2 aliphatic heterocycles. The van der Waals surface area contributed by atoms with Gasteiger partial charge in [-0.15, -0.1) is 0 Å². The summed E-state index contributed by atoms with van der Waals surface area (Å²) in [5.41, 5.74) is 1.97. The lowest BCUT2D eigenvalue weighted by molar-refractivity contribution is -0.323. The molecule has 8 heteroatoms. The second kappa shape index (κ2) is 17.0. The molecule has 0 aromatic rings. The molecule has 254 valence electrons. The molecule has 2 aliphatic rings. The largest absolute Gasteiger partial charge is 0.466 e. The Bertz CT molecular complexity index is 1140. The Morgan fingerprint density at radius 1 is 0.911 bits per heavy atom. The van der Waals surface area contributed by atoms with Crippen LogP contribution in [0.4, 0.5) is 0 Å². The number of carbonyl (C=O) groups is 2. The minimum absolute atomic E-state index is 0.00332. The van der Waals surface area contributed by atoms with Crippen LogP contribution in [-0.4, -0.2) is 58.6 Å². The van der Waals surface area contributed by atoms with Gasteiger partial charge in [-0.25, -0.2) is 9.59 Å². The Morgan fingerprint density at radius 2 is 1.53 bits per heavy atom. The van der Waals surface area contributed by atoms with Crippen LogP contribution in [0.25, 0.3) is 0 Å².